The number of carbonyl (C=O) groups is 1. The van der Waals surface area contributed by atoms with Gasteiger partial charge in [0.1, 0.15) is 5.60 Å². The molecule has 1 spiro atoms. The summed E-state index contributed by atoms with van der Waals surface area (Å²) >= 11 is 0. The summed E-state index contributed by atoms with van der Waals surface area (Å²) in [5.41, 5.74) is 3.11. The number of nitrogens with zero attached hydrogens (tertiary/aromatic N) is 2. The molecular formula is C21H30N2O3. The highest BCUT2D eigenvalue weighted by atomic mass is 16.5. The zero-order chi connectivity index (χ0) is 18.1. The summed E-state index contributed by atoms with van der Waals surface area (Å²) in [5.74, 6) is 0.751. The minimum absolute atomic E-state index is 0.0864. The lowest BCUT2D eigenvalue weighted by molar-refractivity contribution is -0.169. The molecule has 3 aliphatic rings. The van der Waals surface area contributed by atoms with E-state index in [9.17, 15) is 4.79 Å². The zero-order valence-electron chi connectivity index (χ0n) is 16.0. The highest BCUT2D eigenvalue weighted by molar-refractivity contribution is 5.95. The van der Waals surface area contributed by atoms with Gasteiger partial charge in [-0.15, -0.1) is 0 Å². The van der Waals surface area contributed by atoms with Crippen LogP contribution in [0.3, 0.4) is 0 Å². The van der Waals surface area contributed by atoms with Crippen LogP contribution in [0.4, 0.5) is 0 Å². The molecule has 0 aromatic heterocycles. The predicted octanol–water partition coefficient (Wildman–Crippen LogP) is 2.26. The van der Waals surface area contributed by atoms with Crippen molar-refractivity contribution in [3.63, 3.8) is 0 Å². The maximum absolute atomic E-state index is 12.7. The van der Waals surface area contributed by atoms with E-state index in [1.165, 1.54) is 17.5 Å². The molecule has 3 aliphatic heterocycles. The van der Waals surface area contributed by atoms with Crippen molar-refractivity contribution in [1.29, 1.82) is 0 Å². The minimum atomic E-state index is -0.0864. The number of likely N-dealkylation sites (tertiary alicyclic amines) is 1. The van der Waals surface area contributed by atoms with Crippen LogP contribution in [0, 0.1) is 19.8 Å². The maximum atomic E-state index is 12.7. The molecule has 0 saturated carbocycles. The van der Waals surface area contributed by atoms with E-state index in [2.05, 4.69) is 18.7 Å². The van der Waals surface area contributed by atoms with Gasteiger partial charge in [-0.05, 0) is 55.9 Å². The summed E-state index contributed by atoms with van der Waals surface area (Å²) < 4.78 is 11.7. The van der Waals surface area contributed by atoms with Gasteiger partial charge >= 0.3 is 0 Å². The molecule has 1 aromatic rings. The Morgan fingerprint density at radius 2 is 1.96 bits per heavy atom. The highest BCUT2D eigenvalue weighted by Gasteiger charge is 2.48. The molecule has 0 aliphatic carbocycles. The van der Waals surface area contributed by atoms with Crippen LogP contribution in [0.1, 0.15) is 34.3 Å². The Morgan fingerprint density at radius 3 is 2.62 bits per heavy atom. The van der Waals surface area contributed by atoms with Crippen molar-refractivity contribution < 1.29 is 14.3 Å². The number of hydrogen-bond acceptors (Lipinski definition) is 4. The quantitative estimate of drug-likeness (QED) is 0.831. The van der Waals surface area contributed by atoms with Gasteiger partial charge in [0.25, 0.3) is 5.91 Å². The van der Waals surface area contributed by atoms with E-state index < -0.39 is 0 Å². The standard InChI is InChI=1S/C21H30N2O3/c1-16-3-4-19(11-17(16)2)20(24)23-14-21(15-23)6-5-18(13-26-21)12-22-7-9-25-10-8-22/h3-4,11,18H,5-10,12-15H2,1-2H3. The van der Waals surface area contributed by atoms with Crippen LogP contribution in [0.15, 0.2) is 18.2 Å². The third-order valence-electron chi connectivity index (χ3n) is 6.25. The summed E-state index contributed by atoms with van der Waals surface area (Å²) in [6.07, 6.45) is 2.27. The van der Waals surface area contributed by atoms with Gasteiger partial charge in [-0.25, -0.2) is 0 Å². The van der Waals surface area contributed by atoms with Crippen LogP contribution in [0.5, 0.6) is 0 Å². The Morgan fingerprint density at radius 1 is 1.19 bits per heavy atom. The van der Waals surface area contributed by atoms with Crippen molar-refractivity contribution in [3.05, 3.63) is 34.9 Å². The fraction of sp³-hybridized carbons (Fsp3) is 0.667. The number of aryl methyl sites for hydroxylation is 2. The Bertz CT molecular complexity index is 653. The molecule has 142 valence electrons. The van der Waals surface area contributed by atoms with Gasteiger partial charge in [0.15, 0.2) is 0 Å². The van der Waals surface area contributed by atoms with E-state index in [1.54, 1.807) is 0 Å². The number of morpholine rings is 1. The van der Waals surface area contributed by atoms with Crippen LogP contribution < -0.4 is 0 Å². The molecule has 26 heavy (non-hydrogen) atoms. The Kier molecular flexibility index (Phi) is 5.04. The lowest BCUT2D eigenvalue weighted by Crippen LogP contribution is -2.66. The fourth-order valence-corrected chi connectivity index (χ4v) is 4.31. The highest BCUT2D eigenvalue weighted by Crippen LogP contribution is 2.37. The molecule has 3 fully saturated rings. The molecule has 5 heteroatoms. The maximum Gasteiger partial charge on any atom is 0.254 e. The van der Waals surface area contributed by atoms with Crippen LogP contribution in [-0.4, -0.2) is 73.9 Å². The molecule has 1 aromatic carbocycles. The average Bonchev–Trinajstić information content (AvgIpc) is 2.63. The topological polar surface area (TPSA) is 42.0 Å². The minimum Gasteiger partial charge on any atom is -0.379 e. The zero-order valence-corrected chi connectivity index (χ0v) is 16.0. The van der Waals surface area contributed by atoms with Crippen LogP contribution in [-0.2, 0) is 9.47 Å². The number of hydrogen-bond donors (Lipinski definition) is 0. The first kappa shape index (κ1) is 18.0. The second-order valence-corrected chi connectivity index (χ2v) is 8.27. The van der Waals surface area contributed by atoms with Crippen molar-refractivity contribution in [3.8, 4) is 0 Å². The van der Waals surface area contributed by atoms with Crippen molar-refractivity contribution in [2.45, 2.75) is 32.3 Å². The number of benzene rings is 1. The van der Waals surface area contributed by atoms with Gasteiger partial charge in [-0.2, -0.15) is 0 Å². The lowest BCUT2D eigenvalue weighted by atomic mass is 9.82. The summed E-state index contributed by atoms with van der Waals surface area (Å²) in [6, 6.07) is 5.98. The molecule has 0 N–H and O–H groups in total. The Labute approximate surface area is 156 Å². The number of rotatable bonds is 3. The molecule has 4 rings (SSSR count). The summed E-state index contributed by atoms with van der Waals surface area (Å²) in [6.45, 7) is 11.3. The third kappa shape index (κ3) is 3.66. The van der Waals surface area contributed by atoms with Gasteiger partial charge < -0.3 is 14.4 Å². The monoisotopic (exact) mass is 358 g/mol. The molecule has 3 saturated heterocycles. The van der Waals surface area contributed by atoms with Crippen LogP contribution in [0.2, 0.25) is 0 Å². The van der Waals surface area contributed by atoms with E-state index >= 15 is 0 Å². The molecule has 1 amide bonds. The molecule has 1 atom stereocenters. The molecule has 0 radical (unpaired) electrons. The summed E-state index contributed by atoms with van der Waals surface area (Å²) in [4.78, 5) is 17.1. The van der Waals surface area contributed by atoms with Crippen molar-refractivity contribution in [2.24, 2.45) is 5.92 Å². The number of carbonyl (C=O) groups excluding carboxylic acids is 1. The number of ether oxygens (including phenoxy) is 2. The first-order valence-corrected chi connectivity index (χ1v) is 9.85. The molecule has 5 nitrogen and oxygen atoms in total. The first-order valence-electron chi connectivity index (χ1n) is 9.85. The molecule has 3 heterocycles. The van der Waals surface area contributed by atoms with Crippen molar-refractivity contribution >= 4 is 5.91 Å². The molecule has 1 unspecified atom stereocenters. The van der Waals surface area contributed by atoms with E-state index in [-0.39, 0.29) is 11.5 Å². The van der Waals surface area contributed by atoms with Gasteiger partial charge in [0.2, 0.25) is 0 Å². The van der Waals surface area contributed by atoms with E-state index in [0.29, 0.717) is 5.92 Å². The first-order chi connectivity index (χ1) is 12.5. The normalized spacial score (nSPS) is 25.9. The van der Waals surface area contributed by atoms with Crippen LogP contribution in [0.25, 0.3) is 0 Å². The van der Waals surface area contributed by atoms with Crippen molar-refractivity contribution in [2.75, 3.05) is 52.5 Å². The Balaban J connectivity index is 1.26. The van der Waals surface area contributed by atoms with E-state index in [1.807, 2.05) is 23.1 Å². The van der Waals surface area contributed by atoms with Gasteiger partial charge in [0.05, 0.1) is 32.9 Å². The molecular weight excluding hydrogens is 328 g/mol. The second-order valence-electron chi connectivity index (χ2n) is 8.27. The lowest BCUT2D eigenvalue weighted by Gasteiger charge is -2.53. The Hall–Kier alpha value is -1.43. The van der Waals surface area contributed by atoms with Gasteiger partial charge in [-0.1, -0.05) is 6.07 Å². The smallest absolute Gasteiger partial charge is 0.254 e. The van der Waals surface area contributed by atoms with Crippen LogP contribution >= 0.6 is 0 Å². The van der Waals surface area contributed by atoms with E-state index in [0.717, 1.165) is 64.5 Å². The third-order valence-corrected chi connectivity index (χ3v) is 6.25. The van der Waals surface area contributed by atoms with E-state index in [4.69, 9.17) is 9.47 Å². The molecule has 0 bridgehead atoms. The van der Waals surface area contributed by atoms with Gasteiger partial charge in [0, 0.05) is 25.2 Å². The second kappa shape index (κ2) is 7.29. The summed E-state index contributed by atoms with van der Waals surface area (Å²) in [7, 11) is 0. The fourth-order valence-electron chi connectivity index (χ4n) is 4.31. The average molecular weight is 358 g/mol. The largest absolute Gasteiger partial charge is 0.379 e. The predicted molar refractivity (Wildman–Crippen MR) is 100 cm³/mol. The SMILES string of the molecule is Cc1ccc(C(=O)N2CC3(CCC(CN4CCOCC4)CO3)C2)cc1C. The summed E-state index contributed by atoms with van der Waals surface area (Å²) in [5, 5.41) is 0. The van der Waals surface area contributed by atoms with Gasteiger partial charge in [-0.3, -0.25) is 9.69 Å². The number of amides is 1. The van der Waals surface area contributed by atoms with Crippen molar-refractivity contribution in [1.82, 2.24) is 9.80 Å².